The maximum absolute atomic E-state index is 11.7. The Labute approximate surface area is 106 Å². The number of hydrogen-bond donors (Lipinski definition) is 1. The third-order valence-corrected chi connectivity index (χ3v) is 2.25. The molecule has 1 heterocycles. The Kier molecular flexibility index (Phi) is 4.70. The summed E-state index contributed by atoms with van der Waals surface area (Å²) in [6, 6.07) is 1.13. The fraction of sp³-hybridized carbons (Fsp3) is 0.545. The fourth-order valence-corrected chi connectivity index (χ4v) is 1.32. The van der Waals surface area contributed by atoms with Gasteiger partial charge in [-0.25, -0.2) is 0 Å². The van der Waals surface area contributed by atoms with Crippen molar-refractivity contribution in [2.24, 2.45) is 0 Å². The van der Waals surface area contributed by atoms with Gasteiger partial charge in [0.1, 0.15) is 6.04 Å². The SMILES string of the molecule is COc1cc(OC)nc(NC(C)C(=O)N(C)C)n1. The third-order valence-electron chi connectivity index (χ3n) is 2.25. The fourth-order valence-electron chi connectivity index (χ4n) is 1.32. The van der Waals surface area contributed by atoms with Crippen LogP contribution in [0.3, 0.4) is 0 Å². The van der Waals surface area contributed by atoms with Gasteiger partial charge >= 0.3 is 0 Å². The quantitative estimate of drug-likeness (QED) is 0.818. The van der Waals surface area contributed by atoms with E-state index in [1.807, 2.05) is 0 Å². The zero-order valence-corrected chi connectivity index (χ0v) is 11.2. The largest absolute Gasteiger partial charge is 0.481 e. The summed E-state index contributed by atoms with van der Waals surface area (Å²) >= 11 is 0. The van der Waals surface area contributed by atoms with E-state index in [0.29, 0.717) is 11.8 Å². The second-order valence-electron chi connectivity index (χ2n) is 3.87. The van der Waals surface area contributed by atoms with Crippen molar-refractivity contribution >= 4 is 11.9 Å². The molecule has 18 heavy (non-hydrogen) atoms. The first-order chi connectivity index (χ1) is 8.47. The first-order valence-electron chi connectivity index (χ1n) is 5.42. The molecule has 100 valence electrons. The predicted octanol–water partition coefficient (Wildman–Crippen LogP) is 0.382. The first-order valence-corrected chi connectivity index (χ1v) is 5.42. The Morgan fingerprint density at radius 1 is 1.28 bits per heavy atom. The van der Waals surface area contributed by atoms with Gasteiger partial charge in [-0.05, 0) is 6.92 Å². The molecule has 1 aromatic heterocycles. The van der Waals surface area contributed by atoms with Gasteiger partial charge in [0.25, 0.3) is 0 Å². The van der Waals surface area contributed by atoms with Crippen LogP contribution >= 0.6 is 0 Å². The van der Waals surface area contributed by atoms with Gasteiger partial charge in [0.05, 0.1) is 20.3 Å². The number of nitrogens with one attached hydrogen (secondary N) is 1. The smallest absolute Gasteiger partial charge is 0.244 e. The molecule has 1 N–H and O–H groups in total. The maximum atomic E-state index is 11.7. The van der Waals surface area contributed by atoms with Crippen LogP contribution in [0.1, 0.15) is 6.92 Å². The van der Waals surface area contributed by atoms with E-state index in [1.54, 1.807) is 27.1 Å². The average molecular weight is 254 g/mol. The molecule has 7 nitrogen and oxygen atoms in total. The molecule has 1 aromatic rings. The number of methoxy groups -OCH3 is 2. The van der Waals surface area contributed by atoms with Crippen LogP contribution in [0.15, 0.2) is 6.07 Å². The highest BCUT2D eigenvalue weighted by molar-refractivity contribution is 5.83. The van der Waals surface area contributed by atoms with Crippen LogP contribution < -0.4 is 14.8 Å². The number of aromatic nitrogens is 2. The molecule has 0 spiro atoms. The number of likely N-dealkylation sites (N-methyl/N-ethyl adjacent to an activating group) is 1. The summed E-state index contributed by atoms with van der Waals surface area (Å²) in [5, 5.41) is 2.90. The second-order valence-corrected chi connectivity index (χ2v) is 3.87. The van der Waals surface area contributed by atoms with E-state index in [9.17, 15) is 4.79 Å². The number of hydrogen-bond acceptors (Lipinski definition) is 6. The summed E-state index contributed by atoms with van der Waals surface area (Å²) in [5.41, 5.74) is 0. The topological polar surface area (TPSA) is 76.6 Å². The molecule has 1 unspecified atom stereocenters. The Hall–Kier alpha value is -2.05. The molecular weight excluding hydrogens is 236 g/mol. The monoisotopic (exact) mass is 254 g/mol. The third kappa shape index (κ3) is 3.47. The molecule has 0 bridgehead atoms. The van der Waals surface area contributed by atoms with Crippen LogP contribution in [0.25, 0.3) is 0 Å². The van der Waals surface area contributed by atoms with Gasteiger partial charge in [-0.2, -0.15) is 9.97 Å². The zero-order valence-electron chi connectivity index (χ0n) is 11.2. The van der Waals surface area contributed by atoms with Crippen LogP contribution in [0.5, 0.6) is 11.8 Å². The Balaban J connectivity index is 2.86. The number of anilines is 1. The van der Waals surface area contributed by atoms with Gasteiger partial charge < -0.3 is 19.7 Å². The van der Waals surface area contributed by atoms with Gasteiger partial charge in [0.15, 0.2) is 0 Å². The number of amides is 1. The van der Waals surface area contributed by atoms with Gasteiger partial charge in [-0.1, -0.05) is 0 Å². The molecule has 0 aliphatic carbocycles. The van der Waals surface area contributed by atoms with Crippen molar-refractivity contribution in [3.63, 3.8) is 0 Å². The molecule has 0 aliphatic rings. The van der Waals surface area contributed by atoms with E-state index >= 15 is 0 Å². The van der Waals surface area contributed by atoms with Crippen LogP contribution in [-0.4, -0.2) is 55.1 Å². The van der Waals surface area contributed by atoms with E-state index in [4.69, 9.17) is 9.47 Å². The van der Waals surface area contributed by atoms with Crippen molar-refractivity contribution in [3.05, 3.63) is 6.07 Å². The zero-order chi connectivity index (χ0) is 13.7. The molecule has 0 aliphatic heterocycles. The summed E-state index contributed by atoms with van der Waals surface area (Å²) in [6.07, 6.45) is 0. The van der Waals surface area contributed by atoms with Gasteiger partial charge in [0, 0.05) is 14.1 Å². The first kappa shape index (κ1) is 14.0. The lowest BCUT2D eigenvalue weighted by Crippen LogP contribution is -2.37. The van der Waals surface area contributed by atoms with E-state index < -0.39 is 6.04 Å². The normalized spacial score (nSPS) is 11.6. The molecule has 0 fully saturated rings. The van der Waals surface area contributed by atoms with E-state index in [2.05, 4.69) is 15.3 Å². The van der Waals surface area contributed by atoms with Crippen LogP contribution in [0.2, 0.25) is 0 Å². The van der Waals surface area contributed by atoms with Crippen LogP contribution in [0, 0.1) is 0 Å². The molecule has 0 saturated carbocycles. The summed E-state index contributed by atoms with van der Waals surface area (Å²) in [5.74, 6) is 0.956. The molecule has 1 rings (SSSR count). The van der Waals surface area contributed by atoms with E-state index in [0.717, 1.165) is 0 Å². The standard InChI is InChI=1S/C11H18N4O3/c1-7(10(16)15(2)3)12-11-13-8(17-4)6-9(14-11)18-5/h6-7H,1-5H3,(H,12,13,14). The molecule has 0 aromatic carbocycles. The van der Waals surface area contributed by atoms with Crippen molar-refractivity contribution in [2.45, 2.75) is 13.0 Å². The van der Waals surface area contributed by atoms with E-state index in [1.165, 1.54) is 19.1 Å². The molecule has 0 radical (unpaired) electrons. The Morgan fingerprint density at radius 3 is 2.17 bits per heavy atom. The minimum Gasteiger partial charge on any atom is -0.481 e. The lowest BCUT2D eigenvalue weighted by molar-refractivity contribution is -0.129. The Morgan fingerprint density at radius 2 is 1.78 bits per heavy atom. The highest BCUT2D eigenvalue weighted by Crippen LogP contribution is 2.17. The Bertz CT molecular complexity index is 400. The number of ether oxygens (including phenoxy) is 2. The number of carbonyl (C=O) groups excluding carboxylic acids is 1. The van der Waals surface area contributed by atoms with Crippen molar-refractivity contribution in [3.8, 4) is 11.8 Å². The summed E-state index contributed by atoms with van der Waals surface area (Å²) < 4.78 is 10.0. The minimum absolute atomic E-state index is 0.0691. The minimum atomic E-state index is -0.434. The van der Waals surface area contributed by atoms with Crippen molar-refractivity contribution in [1.29, 1.82) is 0 Å². The second kappa shape index (κ2) is 6.04. The summed E-state index contributed by atoms with van der Waals surface area (Å²) in [4.78, 5) is 21.4. The number of rotatable bonds is 5. The van der Waals surface area contributed by atoms with Gasteiger partial charge in [-0.15, -0.1) is 0 Å². The van der Waals surface area contributed by atoms with Crippen molar-refractivity contribution < 1.29 is 14.3 Å². The highest BCUT2D eigenvalue weighted by Gasteiger charge is 2.16. The maximum Gasteiger partial charge on any atom is 0.244 e. The molecule has 7 heteroatoms. The van der Waals surface area contributed by atoms with E-state index in [-0.39, 0.29) is 11.9 Å². The van der Waals surface area contributed by atoms with Gasteiger partial charge in [0.2, 0.25) is 23.6 Å². The highest BCUT2D eigenvalue weighted by atomic mass is 16.5. The summed E-state index contributed by atoms with van der Waals surface area (Å²) in [7, 11) is 6.38. The van der Waals surface area contributed by atoms with Crippen LogP contribution in [-0.2, 0) is 4.79 Å². The lowest BCUT2D eigenvalue weighted by atomic mass is 10.3. The number of nitrogens with zero attached hydrogens (tertiary/aromatic N) is 3. The van der Waals surface area contributed by atoms with Crippen LogP contribution in [0.4, 0.5) is 5.95 Å². The number of carbonyl (C=O) groups is 1. The molecular formula is C11H18N4O3. The lowest BCUT2D eigenvalue weighted by Gasteiger charge is -2.18. The molecule has 0 saturated heterocycles. The van der Waals surface area contributed by atoms with Gasteiger partial charge in [-0.3, -0.25) is 4.79 Å². The molecule has 1 atom stereocenters. The summed E-state index contributed by atoms with van der Waals surface area (Å²) in [6.45, 7) is 1.73. The van der Waals surface area contributed by atoms with Crippen molar-refractivity contribution in [1.82, 2.24) is 14.9 Å². The predicted molar refractivity (Wildman–Crippen MR) is 66.9 cm³/mol. The molecule has 1 amide bonds. The van der Waals surface area contributed by atoms with Crippen molar-refractivity contribution in [2.75, 3.05) is 33.6 Å². The average Bonchev–Trinajstić information content (AvgIpc) is 2.36.